The van der Waals surface area contributed by atoms with Crippen molar-refractivity contribution in [3.8, 4) is 0 Å². The van der Waals surface area contributed by atoms with Crippen molar-refractivity contribution in [1.82, 2.24) is 14.9 Å². The second kappa shape index (κ2) is 7.49. The molecule has 1 aromatic carbocycles. The van der Waals surface area contributed by atoms with Gasteiger partial charge in [-0.3, -0.25) is 19.0 Å². The van der Waals surface area contributed by atoms with Crippen molar-refractivity contribution in [1.29, 1.82) is 0 Å². The smallest absolute Gasteiger partial charge is 0.305 e. The summed E-state index contributed by atoms with van der Waals surface area (Å²) >= 11 is 0. The van der Waals surface area contributed by atoms with E-state index in [4.69, 9.17) is 5.11 Å². The molecule has 1 heterocycles. The molecule has 0 unspecified atom stereocenters. The number of carbonyl (C=O) groups excluding carboxylic acids is 2. The number of nitrogens with zero attached hydrogens (tertiary/aromatic N) is 2. The monoisotopic (exact) mass is 331 g/mol. The molecule has 8 nitrogen and oxygen atoms in total. The van der Waals surface area contributed by atoms with Gasteiger partial charge >= 0.3 is 5.97 Å². The quantitative estimate of drug-likeness (QED) is 0.714. The Balaban J connectivity index is 2.32. The van der Waals surface area contributed by atoms with E-state index in [0.717, 1.165) is 0 Å². The maximum absolute atomic E-state index is 12.5. The molecule has 0 saturated heterocycles. The zero-order valence-corrected chi connectivity index (χ0v) is 13.0. The van der Waals surface area contributed by atoms with E-state index in [-0.39, 0.29) is 12.0 Å². The van der Waals surface area contributed by atoms with Crippen LogP contribution in [0.25, 0.3) is 10.9 Å². The third-order valence-corrected chi connectivity index (χ3v) is 3.60. The number of hydrogen-bond acceptors (Lipinski definition) is 5. The molecule has 0 bridgehead atoms. The molecule has 1 amide bonds. The number of aliphatic carboxylic acids is 1. The van der Waals surface area contributed by atoms with Crippen LogP contribution in [0.1, 0.15) is 25.8 Å². The highest BCUT2D eigenvalue weighted by Gasteiger charge is 2.24. The molecule has 0 saturated carbocycles. The lowest BCUT2D eigenvalue weighted by atomic mass is 10.1. The molecule has 2 aromatic rings. The number of nitrogens with one attached hydrogen (secondary N) is 1. The molecule has 2 N–H and O–H groups in total. The van der Waals surface area contributed by atoms with Crippen LogP contribution in [0.2, 0.25) is 0 Å². The molecular weight excluding hydrogens is 314 g/mol. The van der Waals surface area contributed by atoms with Crippen LogP contribution in [0, 0.1) is 0 Å². The van der Waals surface area contributed by atoms with Crippen LogP contribution in [-0.2, 0) is 14.4 Å². The maximum atomic E-state index is 12.5. The topological polar surface area (TPSA) is 118 Å². The number of para-hydroxylation sites is 1. The summed E-state index contributed by atoms with van der Waals surface area (Å²) in [5.41, 5.74) is 0.147. The molecule has 24 heavy (non-hydrogen) atoms. The van der Waals surface area contributed by atoms with Crippen LogP contribution >= 0.6 is 0 Å². The molecule has 2 atom stereocenters. The van der Waals surface area contributed by atoms with E-state index < -0.39 is 30.4 Å². The summed E-state index contributed by atoms with van der Waals surface area (Å²) < 4.78 is 1.19. The number of aromatic nitrogens is 2. The third kappa shape index (κ3) is 3.65. The van der Waals surface area contributed by atoms with E-state index in [9.17, 15) is 19.2 Å². The summed E-state index contributed by atoms with van der Waals surface area (Å²) in [6, 6.07) is 4.73. The zero-order valence-electron chi connectivity index (χ0n) is 13.0. The second-order valence-corrected chi connectivity index (χ2v) is 5.25. The van der Waals surface area contributed by atoms with Crippen molar-refractivity contribution in [3.05, 3.63) is 40.9 Å². The summed E-state index contributed by atoms with van der Waals surface area (Å²) in [7, 11) is 0. The minimum Gasteiger partial charge on any atom is -0.481 e. The van der Waals surface area contributed by atoms with Crippen LogP contribution in [-0.4, -0.2) is 38.9 Å². The maximum Gasteiger partial charge on any atom is 0.305 e. The van der Waals surface area contributed by atoms with Gasteiger partial charge in [0.25, 0.3) is 5.56 Å². The Morgan fingerprint density at radius 3 is 2.71 bits per heavy atom. The molecule has 2 rings (SSSR count). The Kier molecular flexibility index (Phi) is 5.41. The number of fused-ring (bicyclic) bond motifs is 1. The summed E-state index contributed by atoms with van der Waals surface area (Å²) in [4.78, 5) is 50.7. The first-order valence-electron chi connectivity index (χ1n) is 7.41. The molecule has 126 valence electrons. The molecule has 0 aliphatic heterocycles. The van der Waals surface area contributed by atoms with Gasteiger partial charge in [0.2, 0.25) is 5.91 Å². The van der Waals surface area contributed by atoms with E-state index in [1.807, 2.05) is 0 Å². The number of carbonyl (C=O) groups is 3. The van der Waals surface area contributed by atoms with Gasteiger partial charge in [-0.15, -0.1) is 0 Å². The van der Waals surface area contributed by atoms with Crippen LogP contribution < -0.4 is 10.9 Å². The number of aldehydes is 1. The van der Waals surface area contributed by atoms with Gasteiger partial charge in [-0.2, -0.15) is 0 Å². The Hall–Kier alpha value is -3.03. The number of amides is 1. The normalized spacial score (nSPS) is 13.2. The van der Waals surface area contributed by atoms with E-state index in [2.05, 4.69) is 10.3 Å². The Morgan fingerprint density at radius 1 is 1.38 bits per heavy atom. The third-order valence-electron chi connectivity index (χ3n) is 3.60. The molecule has 1 aromatic heterocycles. The summed E-state index contributed by atoms with van der Waals surface area (Å²) in [6.45, 7) is 1.71. The molecule has 0 aliphatic carbocycles. The van der Waals surface area contributed by atoms with Crippen LogP contribution in [0.3, 0.4) is 0 Å². The van der Waals surface area contributed by atoms with E-state index in [1.165, 1.54) is 10.9 Å². The standard InChI is InChI=1S/C16H17N3O5/c1-2-13(15(23)18-10(8-20)7-14(21)22)19-9-17-12-6-4-3-5-11(12)16(19)24/h3-6,8-10,13H,2,7H2,1H3,(H,18,23)(H,21,22)/t10-,13-/m0/s1. The highest BCUT2D eigenvalue weighted by Crippen LogP contribution is 2.12. The Bertz CT molecular complexity index is 830. The van der Waals surface area contributed by atoms with Crippen LogP contribution in [0.15, 0.2) is 35.4 Å². The molecule has 0 fully saturated rings. The molecular formula is C16H17N3O5. The molecule has 8 heteroatoms. The van der Waals surface area contributed by atoms with Gasteiger partial charge in [-0.05, 0) is 18.6 Å². The first-order chi connectivity index (χ1) is 11.5. The minimum absolute atomic E-state index is 0.282. The number of carboxylic acids is 1. The van der Waals surface area contributed by atoms with Gasteiger partial charge in [0, 0.05) is 0 Å². The minimum atomic E-state index is -1.20. The molecule has 0 spiro atoms. The van der Waals surface area contributed by atoms with E-state index in [0.29, 0.717) is 17.2 Å². The van der Waals surface area contributed by atoms with Gasteiger partial charge in [-0.1, -0.05) is 19.1 Å². The Labute approximate surface area is 137 Å². The predicted molar refractivity (Wildman–Crippen MR) is 85.6 cm³/mol. The van der Waals surface area contributed by atoms with E-state index >= 15 is 0 Å². The van der Waals surface area contributed by atoms with Crippen molar-refractivity contribution in [3.63, 3.8) is 0 Å². The zero-order chi connectivity index (χ0) is 17.7. The fourth-order valence-corrected chi connectivity index (χ4v) is 2.41. The fraction of sp³-hybridized carbons (Fsp3) is 0.312. The van der Waals surface area contributed by atoms with Crippen molar-refractivity contribution in [2.45, 2.75) is 31.8 Å². The second-order valence-electron chi connectivity index (χ2n) is 5.25. The van der Waals surface area contributed by atoms with Crippen LogP contribution in [0.5, 0.6) is 0 Å². The number of hydrogen-bond donors (Lipinski definition) is 2. The van der Waals surface area contributed by atoms with Crippen LogP contribution in [0.4, 0.5) is 0 Å². The van der Waals surface area contributed by atoms with Crippen molar-refractivity contribution < 1.29 is 19.5 Å². The molecule has 0 aliphatic rings. The van der Waals surface area contributed by atoms with Gasteiger partial charge in [0.1, 0.15) is 12.3 Å². The number of rotatable bonds is 7. The van der Waals surface area contributed by atoms with Gasteiger partial charge in [-0.25, -0.2) is 4.98 Å². The SMILES string of the molecule is CC[C@@H](C(=O)N[C@H](C=O)CC(=O)O)n1cnc2ccccc2c1=O. The molecule has 0 radical (unpaired) electrons. The Morgan fingerprint density at radius 2 is 2.08 bits per heavy atom. The fourth-order valence-electron chi connectivity index (χ4n) is 2.41. The van der Waals surface area contributed by atoms with Crippen molar-refractivity contribution >= 4 is 29.1 Å². The highest BCUT2D eigenvalue weighted by molar-refractivity contribution is 5.85. The predicted octanol–water partition coefficient (Wildman–Crippen LogP) is 0.506. The van der Waals surface area contributed by atoms with Gasteiger partial charge < -0.3 is 15.2 Å². The average molecular weight is 331 g/mol. The largest absolute Gasteiger partial charge is 0.481 e. The van der Waals surface area contributed by atoms with Crippen molar-refractivity contribution in [2.24, 2.45) is 0 Å². The van der Waals surface area contributed by atoms with Gasteiger partial charge in [0.05, 0.1) is 29.7 Å². The first-order valence-corrected chi connectivity index (χ1v) is 7.41. The number of benzene rings is 1. The highest BCUT2D eigenvalue weighted by atomic mass is 16.4. The summed E-state index contributed by atoms with van der Waals surface area (Å²) in [5.74, 6) is -1.81. The average Bonchev–Trinajstić information content (AvgIpc) is 2.56. The lowest BCUT2D eigenvalue weighted by molar-refractivity contribution is -0.139. The lowest BCUT2D eigenvalue weighted by Gasteiger charge is -2.19. The first kappa shape index (κ1) is 17.3. The lowest BCUT2D eigenvalue weighted by Crippen LogP contribution is -2.43. The van der Waals surface area contributed by atoms with E-state index in [1.54, 1.807) is 31.2 Å². The summed E-state index contributed by atoms with van der Waals surface area (Å²) in [6.07, 6.45) is 1.41. The van der Waals surface area contributed by atoms with Gasteiger partial charge in [0.15, 0.2) is 0 Å². The number of carboxylic acid groups (broad SMARTS) is 1. The van der Waals surface area contributed by atoms with Crippen molar-refractivity contribution in [2.75, 3.05) is 0 Å². The summed E-state index contributed by atoms with van der Waals surface area (Å²) in [5, 5.41) is 11.5.